The largest absolute Gasteiger partial charge is 0.346 e. The number of hydrogen-bond donors (Lipinski definition) is 1. The molecule has 5 heteroatoms. The molecule has 3 aromatic rings. The quantitative estimate of drug-likeness (QED) is 0.756. The van der Waals surface area contributed by atoms with Crippen LogP contribution in [0.3, 0.4) is 0 Å². The summed E-state index contributed by atoms with van der Waals surface area (Å²) in [6.45, 7) is 2.40. The number of hydrogen-bond acceptors (Lipinski definition) is 4. The molecule has 0 radical (unpaired) electrons. The number of anilines is 1. The van der Waals surface area contributed by atoms with Crippen molar-refractivity contribution in [3.8, 4) is 11.1 Å². The van der Waals surface area contributed by atoms with E-state index in [2.05, 4.69) is 32.3 Å². The molecule has 1 aliphatic heterocycles. The molecule has 136 valence electrons. The van der Waals surface area contributed by atoms with E-state index in [-0.39, 0.29) is 5.91 Å². The summed E-state index contributed by atoms with van der Waals surface area (Å²) in [6.07, 6.45) is 4.13. The smallest absolute Gasteiger partial charge is 0.251 e. The summed E-state index contributed by atoms with van der Waals surface area (Å²) >= 11 is 0. The normalized spacial score (nSPS) is 13.6. The molecule has 1 aliphatic rings. The van der Waals surface area contributed by atoms with Gasteiger partial charge in [0.1, 0.15) is 0 Å². The maximum Gasteiger partial charge on any atom is 0.251 e. The second kappa shape index (κ2) is 7.99. The Morgan fingerprint density at radius 1 is 0.926 bits per heavy atom. The van der Waals surface area contributed by atoms with Crippen LogP contribution in [0.15, 0.2) is 66.9 Å². The number of aromatic nitrogens is 2. The van der Waals surface area contributed by atoms with E-state index in [0.717, 1.165) is 35.9 Å². The Kier molecular flexibility index (Phi) is 5.10. The third-order valence-electron chi connectivity index (χ3n) is 4.77. The van der Waals surface area contributed by atoms with E-state index in [9.17, 15) is 4.79 Å². The minimum atomic E-state index is -0.101. The summed E-state index contributed by atoms with van der Waals surface area (Å²) in [6, 6.07) is 19.6. The number of carbonyl (C=O) groups is 1. The van der Waals surface area contributed by atoms with E-state index in [1.807, 2.05) is 48.5 Å². The molecule has 1 amide bonds. The minimum Gasteiger partial charge on any atom is -0.346 e. The third kappa shape index (κ3) is 4.14. The molecule has 2 aromatic carbocycles. The van der Waals surface area contributed by atoms with Gasteiger partial charge in [-0.3, -0.25) is 4.79 Å². The van der Waals surface area contributed by atoms with Gasteiger partial charge in [0, 0.05) is 24.8 Å². The third-order valence-corrected chi connectivity index (χ3v) is 4.77. The van der Waals surface area contributed by atoms with Gasteiger partial charge in [-0.05, 0) is 42.2 Å². The number of rotatable bonds is 5. The number of nitrogens with one attached hydrogen (secondary N) is 1. The van der Waals surface area contributed by atoms with Gasteiger partial charge in [0.2, 0.25) is 5.95 Å². The first-order valence-corrected chi connectivity index (χ1v) is 9.30. The van der Waals surface area contributed by atoms with Crippen molar-refractivity contribution in [3.63, 3.8) is 0 Å². The molecule has 27 heavy (non-hydrogen) atoms. The fourth-order valence-corrected chi connectivity index (χ4v) is 3.27. The van der Waals surface area contributed by atoms with E-state index < -0.39 is 0 Å². The molecule has 0 atom stereocenters. The molecule has 1 aromatic heterocycles. The Morgan fingerprint density at radius 2 is 1.63 bits per heavy atom. The van der Waals surface area contributed by atoms with Crippen LogP contribution in [0.4, 0.5) is 5.95 Å². The predicted molar refractivity (Wildman–Crippen MR) is 107 cm³/mol. The lowest BCUT2D eigenvalue weighted by Gasteiger charge is -2.15. The van der Waals surface area contributed by atoms with Crippen LogP contribution in [-0.2, 0) is 6.54 Å². The first-order chi connectivity index (χ1) is 13.3. The molecule has 0 aliphatic carbocycles. The zero-order valence-corrected chi connectivity index (χ0v) is 15.1. The number of benzene rings is 2. The van der Waals surface area contributed by atoms with E-state index in [1.54, 1.807) is 6.20 Å². The van der Waals surface area contributed by atoms with Gasteiger partial charge in [0.15, 0.2) is 0 Å². The Hall–Kier alpha value is -3.21. The van der Waals surface area contributed by atoms with Crippen LogP contribution in [0.2, 0.25) is 0 Å². The molecule has 0 spiro atoms. The first kappa shape index (κ1) is 17.2. The van der Waals surface area contributed by atoms with Crippen molar-refractivity contribution in [2.24, 2.45) is 0 Å². The zero-order valence-electron chi connectivity index (χ0n) is 15.1. The Labute approximate surface area is 159 Å². The summed E-state index contributed by atoms with van der Waals surface area (Å²) in [7, 11) is 0. The fraction of sp³-hybridized carbons (Fsp3) is 0.227. The fourth-order valence-electron chi connectivity index (χ4n) is 3.27. The van der Waals surface area contributed by atoms with E-state index in [4.69, 9.17) is 0 Å². The highest BCUT2D eigenvalue weighted by atomic mass is 16.1. The van der Waals surface area contributed by atoms with Crippen molar-refractivity contribution >= 4 is 11.9 Å². The maximum absolute atomic E-state index is 12.4. The Bertz CT molecular complexity index is 903. The molecule has 0 unspecified atom stereocenters. The first-order valence-electron chi connectivity index (χ1n) is 9.30. The van der Waals surface area contributed by atoms with Crippen LogP contribution in [-0.4, -0.2) is 29.0 Å². The Balaban J connectivity index is 1.39. The van der Waals surface area contributed by atoms with Crippen molar-refractivity contribution in [3.05, 3.63) is 78.1 Å². The molecule has 0 saturated carbocycles. The topological polar surface area (TPSA) is 58.1 Å². The summed E-state index contributed by atoms with van der Waals surface area (Å²) in [5.74, 6) is 0.655. The molecule has 0 bridgehead atoms. The molecule has 5 nitrogen and oxygen atoms in total. The van der Waals surface area contributed by atoms with Crippen LogP contribution in [0.25, 0.3) is 11.1 Å². The highest BCUT2D eigenvalue weighted by Gasteiger charge is 2.15. The average Bonchev–Trinajstić information content (AvgIpc) is 3.28. The molecule has 1 saturated heterocycles. The molecule has 1 N–H and O–H groups in total. The van der Waals surface area contributed by atoms with E-state index in [0.29, 0.717) is 12.1 Å². The second-order valence-electron chi connectivity index (χ2n) is 6.67. The van der Waals surface area contributed by atoms with Gasteiger partial charge < -0.3 is 10.2 Å². The van der Waals surface area contributed by atoms with Gasteiger partial charge in [-0.1, -0.05) is 42.5 Å². The van der Waals surface area contributed by atoms with Crippen LogP contribution in [0.5, 0.6) is 0 Å². The van der Waals surface area contributed by atoms with E-state index in [1.165, 1.54) is 12.8 Å². The number of nitrogens with zero attached hydrogens (tertiary/aromatic N) is 3. The van der Waals surface area contributed by atoms with Gasteiger partial charge in [-0.15, -0.1) is 0 Å². The summed E-state index contributed by atoms with van der Waals surface area (Å²) in [4.78, 5) is 23.6. The number of carbonyl (C=O) groups excluding carboxylic acids is 1. The highest BCUT2D eigenvalue weighted by molar-refractivity contribution is 5.94. The molecule has 1 fully saturated rings. The van der Waals surface area contributed by atoms with Crippen LogP contribution in [0, 0.1) is 0 Å². The average molecular weight is 358 g/mol. The lowest BCUT2D eigenvalue weighted by Crippen LogP contribution is -2.25. The monoisotopic (exact) mass is 358 g/mol. The standard InChI is InChI=1S/C22H22N4O/c27-21(19-10-8-18(9-11-19)17-6-2-1-3-7-17)24-16-20-12-13-23-22(25-20)26-14-4-5-15-26/h1-3,6-13H,4-5,14-16H2,(H,24,27). The van der Waals surface area contributed by atoms with Crippen LogP contribution in [0.1, 0.15) is 28.9 Å². The van der Waals surface area contributed by atoms with Gasteiger partial charge in [-0.2, -0.15) is 0 Å². The molecule has 2 heterocycles. The van der Waals surface area contributed by atoms with Crippen molar-refractivity contribution < 1.29 is 4.79 Å². The maximum atomic E-state index is 12.4. The summed E-state index contributed by atoms with van der Waals surface area (Å²) < 4.78 is 0. The van der Waals surface area contributed by atoms with Gasteiger partial charge >= 0.3 is 0 Å². The van der Waals surface area contributed by atoms with Gasteiger partial charge in [-0.25, -0.2) is 9.97 Å². The predicted octanol–water partition coefficient (Wildman–Crippen LogP) is 3.67. The molecular weight excluding hydrogens is 336 g/mol. The summed E-state index contributed by atoms with van der Waals surface area (Å²) in [5.41, 5.74) is 3.70. The van der Waals surface area contributed by atoms with Crippen molar-refractivity contribution in [2.45, 2.75) is 19.4 Å². The van der Waals surface area contributed by atoms with Crippen molar-refractivity contribution in [1.29, 1.82) is 0 Å². The lowest BCUT2D eigenvalue weighted by atomic mass is 10.0. The summed E-state index contributed by atoms with van der Waals surface area (Å²) in [5, 5.41) is 2.94. The second-order valence-corrected chi connectivity index (χ2v) is 6.67. The Morgan fingerprint density at radius 3 is 2.37 bits per heavy atom. The van der Waals surface area contributed by atoms with Crippen LogP contribution >= 0.6 is 0 Å². The van der Waals surface area contributed by atoms with Crippen molar-refractivity contribution in [2.75, 3.05) is 18.0 Å². The van der Waals surface area contributed by atoms with Crippen LogP contribution < -0.4 is 10.2 Å². The lowest BCUT2D eigenvalue weighted by molar-refractivity contribution is 0.0950. The minimum absolute atomic E-state index is 0.101. The molecule has 4 rings (SSSR count). The number of amides is 1. The highest BCUT2D eigenvalue weighted by Crippen LogP contribution is 2.19. The van der Waals surface area contributed by atoms with Gasteiger partial charge in [0.25, 0.3) is 5.91 Å². The van der Waals surface area contributed by atoms with Gasteiger partial charge in [0.05, 0.1) is 12.2 Å². The van der Waals surface area contributed by atoms with Crippen molar-refractivity contribution in [1.82, 2.24) is 15.3 Å². The SMILES string of the molecule is O=C(NCc1ccnc(N2CCCC2)n1)c1ccc(-c2ccccc2)cc1. The molecular formula is C22H22N4O. The van der Waals surface area contributed by atoms with E-state index >= 15 is 0 Å². The zero-order chi connectivity index (χ0) is 18.5.